The van der Waals surface area contributed by atoms with Gasteiger partial charge in [0, 0.05) is 34.9 Å². The SMILES string of the molecule is N#Cc1ccc(C(=O)Nc2ccc(Cl)c(CN(CCCN)C(=O)c3cccc(F)c3)c2)cc1. The van der Waals surface area contributed by atoms with E-state index in [1.165, 1.54) is 18.2 Å². The topological polar surface area (TPSA) is 99.2 Å². The minimum Gasteiger partial charge on any atom is -0.334 e. The zero-order chi connectivity index (χ0) is 23.8. The zero-order valence-corrected chi connectivity index (χ0v) is 18.5. The number of hydrogen-bond acceptors (Lipinski definition) is 4. The largest absolute Gasteiger partial charge is 0.334 e. The lowest BCUT2D eigenvalue weighted by atomic mass is 10.1. The fourth-order valence-electron chi connectivity index (χ4n) is 3.22. The van der Waals surface area contributed by atoms with E-state index in [9.17, 15) is 14.0 Å². The summed E-state index contributed by atoms with van der Waals surface area (Å²) in [6.07, 6.45) is 0.563. The molecule has 0 radical (unpaired) electrons. The Bertz CT molecular complexity index is 1190. The first-order chi connectivity index (χ1) is 15.9. The fourth-order valence-corrected chi connectivity index (χ4v) is 3.39. The number of carbonyl (C=O) groups excluding carboxylic acids is 2. The minimum absolute atomic E-state index is 0.161. The Labute approximate surface area is 196 Å². The van der Waals surface area contributed by atoms with E-state index >= 15 is 0 Å². The van der Waals surface area contributed by atoms with E-state index in [0.29, 0.717) is 46.9 Å². The van der Waals surface area contributed by atoms with Crippen LogP contribution in [0.5, 0.6) is 0 Å². The predicted octanol–water partition coefficient (Wildman–Crippen LogP) is 4.59. The van der Waals surface area contributed by atoms with E-state index in [0.717, 1.165) is 0 Å². The van der Waals surface area contributed by atoms with Gasteiger partial charge in [0.25, 0.3) is 11.8 Å². The van der Waals surface area contributed by atoms with Gasteiger partial charge in [-0.05, 0) is 79.2 Å². The summed E-state index contributed by atoms with van der Waals surface area (Å²) < 4.78 is 13.6. The van der Waals surface area contributed by atoms with Crippen molar-refractivity contribution in [1.29, 1.82) is 5.26 Å². The lowest BCUT2D eigenvalue weighted by Gasteiger charge is -2.24. The van der Waals surface area contributed by atoms with Gasteiger partial charge < -0.3 is 16.0 Å². The second-order valence-corrected chi connectivity index (χ2v) is 7.74. The Morgan fingerprint density at radius 2 is 1.82 bits per heavy atom. The molecule has 0 heterocycles. The number of nitrogens with one attached hydrogen (secondary N) is 1. The molecule has 0 saturated heterocycles. The summed E-state index contributed by atoms with van der Waals surface area (Å²) in [4.78, 5) is 27.1. The Morgan fingerprint density at radius 3 is 2.48 bits per heavy atom. The first-order valence-corrected chi connectivity index (χ1v) is 10.6. The van der Waals surface area contributed by atoms with Crippen LogP contribution >= 0.6 is 11.6 Å². The number of nitrogens with zero attached hydrogens (tertiary/aromatic N) is 2. The number of nitriles is 1. The van der Waals surface area contributed by atoms with Gasteiger partial charge in [0.1, 0.15) is 5.82 Å². The highest BCUT2D eigenvalue weighted by atomic mass is 35.5. The fraction of sp³-hybridized carbons (Fsp3) is 0.160. The summed E-state index contributed by atoms with van der Waals surface area (Å²) in [5.41, 5.74) is 7.84. The van der Waals surface area contributed by atoms with Crippen molar-refractivity contribution in [2.45, 2.75) is 13.0 Å². The average Bonchev–Trinajstić information content (AvgIpc) is 2.83. The Morgan fingerprint density at radius 1 is 1.06 bits per heavy atom. The van der Waals surface area contributed by atoms with Crippen LogP contribution in [0.15, 0.2) is 66.7 Å². The average molecular weight is 465 g/mol. The minimum atomic E-state index is -0.495. The quantitative estimate of drug-likeness (QED) is 0.509. The van der Waals surface area contributed by atoms with Crippen molar-refractivity contribution in [1.82, 2.24) is 4.90 Å². The van der Waals surface area contributed by atoms with Crippen LogP contribution in [0.1, 0.15) is 38.3 Å². The third kappa shape index (κ3) is 6.39. The molecule has 0 atom stereocenters. The van der Waals surface area contributed by atoms with Crippen molar-refractivity contribution in [2.75, 3.05) is 18.4 Å². The molecule has 0 saturated carbocycles. The first-order valence-electron chi connectivity index (χ1n) is 10.3. The number of halogens is 2. The van der Waals surface area contributed by atoms with Gasteiger partial charge in [0.15, 0.2) is 0 Å². The molecule has 3 N–H and O–H groups in total. The van der Waals surface area contributed by atoms with Crippen LogP contribution in [0.4, 0.5) is 10.1 Å². The summed E-state index contributed by atoms with van der Waals surface area (Å²) in [5, 5.41) is 12.1. The molecule has 0 aliphatic heterocycles. The Kier molecular flexibility index (Phi) is 8.14. The highest BCUT2D eigenvalue weighted by molar-refractivity contribution is 6.31. The van der Waals surface area contributed by atoms with Crippen molar-refractivity contribution >= 4 is 29.1 Å². The summed E-state index contributed by atoms with van der Waals surface area (Å²) >= 11 is 6.37. The molecule has 3 aromatic carbocycles. The summed E-state index contributed by atoms with van der Waals surface area (Å²) in [5.74, 6) is -1.18. The normalized spacial score (nSPS) is 10.4. The molecule has 33 heavy (non-hydrogen) atoms. The standard InChI is InChI=1S/C25H22ClFN4O2/c26-23-10-9-22(30-24(32)18-7-5-17(15-29)6-8-18)14-20(23)16-31(12-2-11-28)25(33)19-3-1-4-21(27)13-19/h1,3-10,13-14H,2,11-12,16,28H2,(H,30,32). The zero-order valence-electron chi connectivity index (χ0n) is 17.7. The molecule has 0 aromatic heterocycles. The summed E-state index contributed by atoms with van der Waals surface area (Å²) in [6, 6.07) is 18.8. The molecule has 2 amide bonds. The molecular weight excluding hydrogens is 443 g/mol. The first kappa shape index (κ1) is 23.9. The van der Waals surface area contributed by atoms with Gasteiger partial charge >= 0.3 is 0 Å². The van der Waals surface area contributed by atoms with Crippen LogP contribution in [0.3, 0.4) is 0 Å². The molecule has 8 heteroatoms. The van der Waals surface area contributed by atoms with Crippen molar-refractivity contribution in [2.24, 2.45) is 5.73 Å². The van der Waals surface area contributed by atoms with Crippen LogP contribution in [-0.4, -0.2) is 29.8 Å². The predicted molar refractivity (Wildman–Crippen MR) is 125 cm³/mol. The van der Waals surface area contributed by atoms with Crippen LogP contribution in [0.25, 0.3) is 0 Å². The molecule has 0 bridgehead atoms. The van der Waals surface area contributed by atoms with Gasteiger partial charge in [-0.3, -0.25) is 9.59 Å². The lowest BCUT2D eigenvalue weighted by molar-refractivity contribution is 0.0741. The number of anilines is 1. The molecule has 0 spiro atoms. The number of benzene rings is 3. The summed E-state index contributed by atoms with van der Waals surface area (Å²) in [6.45, 7) is 0.917. The second kappa shape index (κ2) is 11.2. The van der Waals surface area contributed by atoms with Crippen LogP contribution in [0.2, 0.25) is 5.02 Å². The van der Waals surface area contributed by atoms with Crippen molar-refractivity contribution < 1.29 is 14.0 Å². The van der Waals surface area contributed by atoms with Crippen LogP contribution in [0, 0.1) is 17.1 Å². The number of hydrogen-bond donors (Lipinski definition) is 2. The molecule has 0 aliphatic rings. The van der Waals surface area contributed by atoms with E-state index in [2.05, 4.69) is 5.32 Å². The van der Waals surface area contributed by atoms with Crippen molar-refractivity contribution in [3.63, 3.8) is 0 Å². The molecule has 3 rings (SSSR count). The molecule has 0 unspecified atom stereocenters. The smallest absolute Gasteiger partial charge is 0.255 e. The van der Waals surface area contributed by atoms with Gasteiger partial charge in [-0.15, -0.1) is 0 Å². The number of rotatable bonds is 8. The summed E-state index contributed by atoms with van der Waals surface area (Å²) in [7, 11) is 0. The molecule has 0 aliphatic carbocycles. The maximum Gasteiger partial charge on any atom is 0.255 e. The maximum absolute atomic E-state index is 13.6. The van der Waals surface area contributed by atoms with Gasteiger partial charge in [0.2, 0.25) is 0 Å². The molecule has 6 nitrogen and oxygen atoms in total. The third-order valence-electron chi connectivity index (χ3n) is 4.93. The van der Waals surface area contributed by atoms with Gasteiger partial charge in [-0.2, -0.15) is 5.26 Å². The number of nitrogens with two attached hydrogens (primary N) is 1. The van der Waals surface area contributed by atoms with Gasteiger partial charge in [-0.25, -0.2) is 4.39 Å². The molecule has 3 aromatic rings. The van der Waals surface area contributed by atoms with Gasteiger partial charge in [0.05, 0.1) is 11.6 Å². The Balaban J connectivity index is 1.80. The van der Waals surface area contributed by atoms with Gasteiger partial charge in [-0.1, -0.05) is 17.7 Å². The molecular formula is C25H22ClFN4O2. The van der Waals surface area contributed by atoms with E-state index in [1.807, 2.05) is 6.07 Å². The van der Waals surface area contributed by atoms with E-state index in [-0.39, 0.29) is 23.9 Å². The monoisotopic (exact) mass is 464 g/mol. The molecule has 168 valence electrons. The maximum atomic E-state index is 13.6. The van der Waals surface area contributed by atoms with Crippen LogP contribution < -0.4 is 11.1 Å². The highest BCUT2D eigenvalue weighted by Crippen LogP contribution is 2.24. The van der Waals surface area contributed by atoms with Crippen LogP contribution in [-0.2, 0) is 6.54 Å². The van der Waals surface area contributed by atoms with Crippen molar-refractivity contribution in [3.8, 4) is 6.07 Å². The number of amides is 2. The lowest BCUT2D eigenvalue weighted by Crippen LogP contribution is -2.32. The van der Waals surface area contributed by atoms with E-state index in [4.69, 9.17) is 22.6 Å². The van der Waals surface area contributed by atoms with E-state index < -0.39 is 5.82 Å². The second-order valence-electron chi connectivity index (χ2n) is 7.33. The highest BCUT2D eigenvalue weighted by Gasteiger charge is 2.18. The van der Waals surface area contributed by atoms with E-state index in [1.54, 1.807) is 53.4 Å². The Hall–Kier alpha value is -3.73. The third-order valence-corrected chi connectivity index (χ3v) is 5.30. The molecule has 0 fully saturated rings. The number of carbonyl (C=O) groups is 2. The van der Waals surface area contributed by atoms with Crippen molar-refractivity contribution in [3.05, 3.63) is 99.8 Å².